The van der Waals surface area contributed by atoms with Crippen LogP contribution >= 0.6 is 0 Å². The molecule has 2 aromatic heterocycles. The lowest BCUT2D eigenvalue weighted by Gasteiger charge is -2.24. The van der Waals surface area contributed by atoms with Crippen LogP contribution < -0.4 is 5.32 Å². The molecule has 6 nitrogen and oxygen atoms in total. The van der Waals surface area contributed by atoms with E-state index in [4.69, 9.17) is 0 Å². The minimum absolute atomic E-state index is 0.240. The van der Waals surface area contributed by atoms with Crippen molar-refractivity contribution in [1.29, 1.82) is 0 Å². The summed E-state index contributed by atoms with van der Waals surface area (Å²) in [6, 6.07) is 5.46. The number of amides is 1. The number of fused-ring (bicyclic) bond motifs is 1. The number of rotatable bonds is 3. The second-order valence-corrected chi connectivity index (χ2v) is 5.14. The molecule has 1 fully saturated rings. The number of nitrogens with zero attached hydrogens (tertiary/aromatic N) is 2. The smallest absolute Gasteiger partial charge is 0.329 e. The fourth-order valence-corrected chi connectivity index (χ4v) is 2.70. The Balaban J connectivity index is 1.87. The van der Waals surface area contributed by atoms with Gasteiger partial charge in [0.05, 0.1) is 0 Å². The van der Waals surface area contributed by atoms with E-state index in [1.165, 1.54) is 0 Å². The Kier molecular flexibility index (Phi) is 2.93. The minimum atomic E-state index is -1.13. The molecular weight excluding hydrogens is 258 g/mol. The number of imidazole rings is 1. The van der Waals surface area contributed by atoms with E-state index < -0.39 is 17.4 Å². The summed E-state index contributed by atoms with van der Waals surface area (Å²) in [6.07, 6.45) is 5.98. The zero-order chi connectivity index (χ0) is 14.2. The van der Waals surface area contributed by atoms with Gasteiger partial charge in [0.25, 0.3) is 5.91 Å². The van der Waals surface area contributed by atoms with Gasteiger partial charge < -0.3 is 14.8 Å². The molecule has 0 saturated heterocycles. The molecule has 1 aliphatic rings. The first kappa shape index (κ1) is 12.7. The number of carbonyl (C=O) groups excluding carboxylic acids is 1. The normalized spacial score (nSPS) is 17.2. The highest BCUT2D eigenvalue weighted by Crippen LogP contribution is 2.30. The molecule has 0 aliphatic heterocycles. The van der Waals surface area contributed by atoms with E-state index in [9.17, 15) is 14.7 Å². The van der Waals surface area contributed by atoms with E-state index in [1.54, 1.807) is 22.9 Å². The van der Waals surface area contributed by atoms with Gasteiger partial charge in [0.15, 0.2) is 0 Å². The second kappa shape index (κ2) is 4.63. The molecule has 1 amide bonds. The highest BCUT2D eigenvalue weighted by molar-refractivity contribution is 5.97. The number of carboxylic acids is 1. The van der Waals surface area contributed by atoms with Crippen molar-refractivity contribution in [3.63, 3.8) is 0 Å². The second-order valence-electron chi connectivity index (χ2n) is 5.14. The van der Waals surface area contributed by atoms with Crippen molar-refractivity contribution < 1.29 is 14.7 Å². The van der Waals surface area contributed by atoms with Gasteiger partial charge >= 0.3 is 5.97 Å². The van der Waals surface area contributed by atoms with Crippen LogP contribution in [0.1, 0.15) is 36.2 Å². The molecule has 0 bridgehead atoms. The third-order valence-corrected chi connectivity index (χ3v) is 3.82. The van der Waals surface area contributed by atoms with Crippen molar-refractivity contribution in [1.82, 2.24) is 14.7 Å². The van der Waals surface area contributed by atoms with Crippen LogP contribution in [0.2, 0.25) is 0 Å². The third-order valence-electron chi connectivity index (χ3n) is 3.82. The van der Waals surface area contributed by atoms with Gasteiger partial charge in [-0.05, 0) is 25.0 Å². The molecule has 0 radical (unpaired) electrons. The molecule has 20 heavy (non-hydrogen) atoms. The molecule has 2 aromatic rings. The van der Waals surface area contributed by atoms with Gasteiger partial charge in [0.2, 0.25) is 0 Å². The lowest BCUT2D eigenvalue weighted by Crippen LogP contribution is -2.52. The van der Waals surface area contributed by atoms with Crippen LogP contribution in [0.4, 0.5) is 0 Å². The molecular formula is C14H15N3O3. The summed E-state index contributed by atoms with van der Waals surface area (Å²) in [5.41, 5.74) is -0.232. The fourth-order valence-electron chi connectivity index (χ4n) is 2.70. The minimum Gasteiger partial charge on any atom is -0.480 e. The van der Waals surface area contributed by atoms with Crippen molar-refractivity contribution in [2.24, 2.45) is 0 Å². The molecule has 0 aromatic carbocycles. The van der Waals surface area contributed by atoms with Crippen LogP contribution in [0.15, 0.2) is 30.6 Å². The summed E-state index contributed by atoms with van der Waals surface area (Å²) in [5, 5.41) is 12.0. The Bertz CT molecular complexity index is 638. The zero-order valence-electron chi connectivity index (χ0n) is 10.9. The lowest BCUT2D eigenvalue weighted by atomic mass is 9.98. The predicted molar refractivity (Wildman–Crippen MR) is 71.5 cm³/mol. The van der Waals surface area contributed by atoms with E-state index in [0.717, 1.165) is 12.8 Å². The maximum atomic E-state index is 12.2. The van der Waals surface area contributed by atoms with E-state index in [1.807, 2.05) is 12.1 Å². The van der Waals surface area contributed by atoms with Gasteiger partial charge in [-0.3, -0.25) is 4.79 Å². The molecule has 0 unspecified atom stereocenters. The Hall–Kier alpha value is -2.37. The lowest BCUT2D eigenvalue weighted by molar-refractivity contribution is -0.144. The van der Waals surface area contributed by atoms with Crippen molar-refractivity contribution >= 4 is 17.5 Å². The van der Waals surface area contributed by atoms with Gasteiger partial charge in [0, 0.05) is 12.4 Å². The predicted octanol–water partition coefficient (Wildman–Crippen LogP) is 1.46. The first-order valence-electron chi connectivity index (χ1n) is 6.60. The standard InChI is InChI=1S/C14H15N3O3/c18-12(16-14(13(19)20)6-2-3-7-14)10-9-17-8-4-1-5-11(17)15-10/h1,4-5,8-9H,2-3,6-7H2,(H,16,18)(H,19,20). The van der Waals surface area contributed by atoms with Crippen LogP contribution in [0.25, 0.3) is 5.65 Å². The van der Waals surface area contributed by atoms with Gasteiger partial charge in [0.1, 0.15) is 16.9 Å². The SMILES string of the molecule is O=C(NC1(C(=O)O)CCCC1)c1cn2ccccc2n1. The summed E-state index contributed by atoms with van der Waals surface area (Å²) < 4.78 is 1.73. The number of aromatic nitrogens is 2. The topological polar surface area (TPSA) is 83.7 Å². The van der Waals surface area contributed by atoms with Crippen molar-refractivity contribution in [3.05, 3.63) is 36.3 Å². The summed E-state index contributed by atoms with van der Waals surface area (Å²) in [6.45, 7) is 0. The van der Waals surface area contributed by atoms with Crippen molar-refractivity contribution in [3.8, 4) is 0 Å². The summed E-state index contributed by atoms with van der Waals surface area (Å²) >= 11 is 0. The summed E-state index contributed by atoms with van der Waals surface area (Å²) in [4.78, 5) is 27.9. The summed E-state index contributed by atoms with van der Waals surface area (Å²) in [7, 11) is 0. The zero-order valence-corrected chi connectivity index (χ0v) is 10.9. The van der Waals surface area contributed by atoms with Gasteiger partial charge in [-0.1, -0.05) is 18.9 Å². The quantitative estimate of drug-likeness (QED) is 0.886. The number of aliphatic carboxylic acids is 1. The number of carboxylic acid groups (broad SMARTS) is 1. The molecule has 1 saturated carbocycles. The van der Waals surface area contributed by atoms with Gasteiger partial charge in [-0.2, -0.15) is 0 Å². The van der Waals surface area contributed by atoms with Crippen molar-refractivity contribution in [2.45, 2.75) is 31.2 Å². The van der Waals surface area contributed by atoms with E-state index >= 15 is 0 Å². The number of nitrogens with one attached hydrogen (secondary N) is 1. The molecule has 1 aliphatic carbocycles. The van der Waals surface area contributed by atoms with Crippen LogP contribution in [0, 0.1) is 0 Å². The molecule has 2 heterocycles. The van der Waals surface area contributed by atoms with E-state index in [2.05, 4.69) is 10.3 Å². The van der Waals surface area contributed by atoms with E-state index in [0.29, 0.717) is 18.5 Å². The van der Waals surface area contributed by atoms with E-state index in [-0.39, 0.29) is 5.69 Å². The Morgan fingerprint density at radius 1 is 1.30 bits per heavy atom. The molecule has 104 valence electrons. The Labute approximate surface area is 115 Å². The monoisotopic (exact) mass is 273 g/mol. The number of pyridine rings is 1. The largest absolute Gasteiger partial charge is 0.480 e. The number of hydrogen-bond donors (Lipinski definition) is 2. The maximum Gasteiger partial charge on any atom is 0.329 e. The Morgan fingerprint density at radius 3 is 2.70 bits per heavy atom. The number of hydrogen-bond acceptors (Lipinski definition) is 3. The molecule has 6 heteroatoms. The summed E-state index contributed by atoms with van der Waals surface area (Å²) in [5.74, 6) is -1.40. The molecule has 3 rings (SSSR count). The molecule has 0 spiro atoms. The van der Waals surface area contributed by atoms with Gasteiger partial charge in [-0.15, -0.1) is 0 Å². The first-order chi connectivity index (χ1) is 9.61. The van der Waals surface area contributed by atoms with Gasteiger partial charge in [-0.25, -0.2) is 9.78 Å². The molecule has 2 N–H and O–H groups in total. The highest BCUT2D eigenvalue weighted by atomic mass is 16.4. The molecule has 0 atom stereocenters. The van der Waals surface area contributed by atoms with Crippen LogP contribution in [0.3, 0.4) is 0 Å². The fraction of sp³-hybridized carbons (Fsp3) is 0.357. The average Bonchev–Trinajstić information content (AvgIpc) is 3.05. The highest BCUT2D eigenvalue weighted by Gasteiger charge is 2.43. The average molecular weight is 273 g/mol. The van der Waals surface area contributed by atoms with Crippen LogP contribution in [-0.4, -0.2) is 31.9 Å². The number of carbonyl (C=O) groups is 2. The maximum absolute atomic E-state index is 12.2. The van der Waals surface area contributed by atoms with Crippen LogP contribution in [-0.2, 0) is 4.79 Å². The Morgan fingerprint density at radius 2 is 2.05 bits per heavy atom. The first-order valence-corrected chi connectivity index (χ1v) is 6.60. The van der Waals surface area contributed by atoms with Crippen molar-refractivity contribution in [2.75, 3.05) is 0 Å². The van der Waals surface area contributed by atoms with Crippen LogP contribution in [0.5, 0.6) is 0 Å². The third kappa shape index (κ3) is 2.03.